The molecule has 1 atom stereocenters. The number of piperidine rings is 1. The smallest absolute Gasteiger partial charge is 0.224 e. The molecule has 1 unspecified atom stereocenters. The first kappa shape index (κ1) is 14.4. The summed E-state index contributed by atoms with van der Waals surface area (Å²) in [6.45, 7) is 2.68. The molecule has 1 heterocycles. The van der Waals surface area contributed by atoms with Crippen molar-refractivity contribution in [2.45, 2.75) is 19.3 Å². The fourth-order valence-electron chi connectivity index (χ4n) is 2.51. The lowest BCUT2D eigenvalue weighted by Gasteiger charge is -2.28. The summed E-state index contributed by atoms with van der Waals surface area (Å²) in [6, 6.07) is 7.77. The summed E-state index contributed by atoms with van der Waals surface area (Å²) >= 11 is 5.84. The molecule has 0 radical (unpaired) electrons. The summed E-state index contributed by atoms with van der Waals surface area (Å²) in [5.41, 5.74) is 1.20. The summed E-state index contributed by atoms with van der Waals surface area (Å²) in [5.74, 6) is 0.351. The van der Waals surface area contributed by atoms with Crippen LogP contribution in [0.4, 0.5) is 0 Å². The van der Waals surface area contributed by atoms with Crippen LogP contribution in [0.1, 0.15) is 18.4 Å². The molecular weight excluding hydrogens is 260 g/mol. The molecule has 1 aliphatic rings. The van der Waals surface area contributed by atoms with Crippen molar-refractivity contribution in [3.63, 3.8) is 0 Å². The average Bonchev–Trinajstić information content (AvgIpc) is 2.41. The van der Waals surface area contributed by atoms with E-state index in [0.29, 0.717) is 6.54 Å². The third-order valence-electron chi connectivity index (χ3n) is 3.62. The van der Waals surface area contributed by atoms with Gasteiger partial charge in [0.1, 0.15) is 0 Å². The molecule has 104 valence electrons. The maximum Gasteiger partial charge on any atom is 0.224 e. The Labute approximate surface area is 119 Å². The predicted octanol–water partition coefficient (Wildman–Crippen LogP) is 2.34. The van der Waals surface area contributed by atoms with Crippen molar-refractivity contribution in [1.29, 1.82) is 0 Å². The van der Waals surface area contributed by atoms with Gasteiger partial charge in [-0.15, -0.1) is 0 Å². The zero-order valence-corrected chi connectivity index (χ0v) is 12.1. The topological polar surface area (TPSA) is 32.3 Å². The van der Waals surface area contributed by atoms with Crippen LogP contribution >= 0.6 is 11.6 Å². The van der Waals surface area contributed by atoms with Crippen LogP contribution in [0.2, 0.25) is 5.02 Å². The number of carbonyl (C=O) groups is 1. The Morgan fingerprint density at radius 2 is 2.16 bits per heavy atom. The van der Waals surface area contributed by atoms with Crippen molar-refractivity contribution in [3.05, 3.63) is 34.9 Å². The molecule has 0 bridgehead atoms. The van der Waals surface area contributed by atoms with Gasteiger partial charge in [-0.05, 0) is 50.6 Å². The molecule has 0 saturated carbocycles. The van der Waals surface area contributed by atoms with Gasteiger partial charge in [-0.25, -0.2) is 0 Å². The summed E-state index contributed by atoms with van der Waals surface area (Å²) < 4.78 is 0. The summed E-state index contributed by atoms with van der Waals surface area (Å²) in [7, 11) is 2.08. The van der Waals surface area contributed by atoms with Crippen molar-refractivity contribution in [2.24, 2.45) is 5.92 Å². The van der Waals surface area contributed by atoms with Gasteiger partial charge >= 0.3 is 0 Å². The van der Waals surface area contributed by atoms with Crippen molar-refractivity contribution >= 4 is 17.5 Å². The Balaban J connectivity index is 1.73. The van der Waals surface area contributed by atoms with Crippen LogP contribution in [0.25, 0.3) is 0 Å². The summed E-state index contributed by atoms with van der Waals surface area (Å²) in [5, 5.41) is 3.79. The third kappa shape index (κ3) is 4.51. The molecule has 2 rings (SSSR count). The Morgan fingerprint density at radius 1 is 1.42 bits per heavy atom. The molecular formula is C15H21ClN2O. The van der Waals surface area contributed by atoms with Gasteiger partial charge in [0.25, 0.3) is 0 Å². The zero-order chi connectivity index (χ0) is 13.7. The van der Waals surface area contributed by atoms with Crippen LogP contribution < -0.4 is 5.32 Å². The van der Waals surface area contributed by atoms with Crippen molar-refractivity contribution in [1.82, 2.24) is 10.2 Å². The van der Waals surface area contributed by atoms with Gasteiger partial charge in [-0.3, -0.25) is 4.79 Å². The van der Waals surface area contributed by atoms with Crippen molar-refractivity contribution in [3.8, 4) is 0 Å². The molecule has 1 amide bonds. The van der Waals surface area contributed by atoms with Crippen LogP contribution in [-0.4, -0.2) is 37.5 Å². The normalized spacial score (nSPS) is 20.2. The standard InChI is InChI=1S/C15H21ClN2O/c1-18-10-2-3-13(11-18)15(19)17-9-8-12-4-6-14(16)7-5-12/h4-7,13H,2-3,8-11H2,1H3,(H,17,19). The summed E-state index contributed by atoms with van der Waals surface area (Å²) in [6.07, 6.45) is 2.98. The minimum atomic E-state index is 0.156. The van der Waals surface area contributed by atoms with Gasteiger partial charge in [-0.1, -0.05) is 23.7 Å². The highest BCUT2D eigenvalue weighted by Crippen LogP contribution is 2.15. The Bertz CT molecular complexity index is 419. The molecule has 0 aromatic heterocycles. The number of amides is 1. The zero-order valence-electron chi connectivity index (χ0n) is 11.4. The second-order valence-electron chi connectivity index (χ2n) is 5.27. The highest BCUT2D eigenvalue weighted by molar-refractivity contribution is 6.30. The number of benzene rings is 1. The highest BCUT2D eigenvalue weighted by Gasteiger charge is 2.23. The molecule has 1 saturated heterocycles. The fourth-order valence-corrected chi connectivity index (χ4v) is 2.63. The van der Waals surface area contributed by atoms with E-state index in [9.17, 15) is 4.79 Å². The van der Waals surface area contributed by atoms with Gasteiger partial charge in [0.2, 0.25) is 5.91 Å². The summed E-state index contributed by atoms with van der Waals surface area (Å²) in [4.78, 5) is 14.3. The van der Waals surface area contributed by atoms with Gasteiger partial charge < -0.3 is 10.2 Å². The van der Waals surface area contributed by atoms with E-state index in [1.54, 1.807) is 0 Å². The molecule has 0 spiro atoms. The molecule has 19 heavy (non-hydrogen) atoms. The number of carbonyl (C=O) groups excluding carboxylic acids is 1. The molecule has 1 aliphatic heterocycles. The van der Waals surface area contributed by atoms with Crippen molar-refractivity contribution < 1.29 is 4.79 Å². The number of likely N-dealkylation sites (tertiary alicyclic amines) is 1. The second-order valence-corrected chi connectivity index (χ2v) is 5.71. The molecule has 3 nitrogen and oxygen atoms in total. The number of nitrogens with one attached hydrogen (secondary N) is 1. The quantitative estimate of drug-likeness (QED) is 0.918. The number of nitrogens with zero attached hydrogens (tertiary/aromatic N) is 1. The van der Waals surface area contributed by atoms with Crippen LogP contribution in [0.5, 0.6) is 0 Å². The van der Waals surface area contributed by atoms with Gasteiger partial charge in [-0.2, -0.15) is 0 Å². The largest absolute Gasteiger partial charge is 0.355 e. The molecule has 1 aromatic rings. The molecule has 1 fully saturated rings. The van der Waals surface area contributed by atoms with Crippen molar-refractivity contribution in [2.75, 3.05) is 26.7 Å². The maximum atomic E-state index is 12.0. The minimum Gasteiger partial charge on any atom is -0.355 e. The first-order chi connectivity index (χ1) is 9.15. The SMILES string of the molecule is CN1CCCC(C(=O)NCCc2ccc(Cl)cc2)C1. The van der Waals surface area contributed by atoms with Crippen LogP contribution in [0, 0.1) is 5.92 Å². The van der Waals surface area contributed by atoms with Gasteiger partial charge in [0.15, 0.2) is 0 Å². The Morgan fingerprint density at radius 3 is 2.84 bits per heavy atom. The molecule has 4 heteroatoms. The Kier molecular flexibility index (Phi) is 5.23. The van der Waals surface area contributed by atoms with E-state index in [2.05, 4.69) is 17.3 Å². The van der Waals surface area contributed by atoms with Crippen LogP contribution in [-0.2, 0) is 11.2 Å². The van der Waals surface area contributed by atoms with E-state index < -0.39 is 0 Å². The highest BCUT2D eigenvalue weighted by atomic mass is 35.5. The average molecular weight is 281 g/mol. The van der Waals surface area contributed by atoms with E-state index in [1.807, 2.05) is 24.3 Å². The lowest BCUT2D eigenvalue weighted by atomic mass is 9.97. The van der Waals surface area contributed by atoms with Gasteiger partial charge in [0.05, 0.1) is 5.92 Å². The number of hydrogen-bond donors (Lipinski definition) is 1. The van der Waals surface area contributed by atoms with E-state index in [0.717, 1.165) is 37.4 Å². The van der Waals surface area contributed by atoms with E-state index in [1.165, 1.54) is 5.56 Å². The number of hydrogen-bond acceptors (Lipinski definition) is 2. The van der Waals surface area contributed by atoms with Crippen LogP contribution in [0.15, 0.2) is 24.3 Å². The van der Waals surface area contributed by atoms with E-state index in [4.69, 9.17) is 11.6 Å². The van der Waals surface area contributed by atoms with Gasteiger partial charge in [0, 0.05) is 18.1 Å². The third-order valence-corrected chi connectivity index (χ3v) is 3.87. The maximum absolute atomic E-state index is 12.0. The Hall–Kier alpha value is -1.06. The molecule has 1 N–H and O–H groups in total. The van der Waals surface area contributed by atoms with E-state index >= 15 is 0 Å². The lowest BCUT2D eigenvalue weighted by molar-refractivity contribution is -0.126. The predicted molar refractivity (Wildman–Crippen MR) is 78.4 cm³/mol. The molecule has 0 aliphatic carbocycles. The first-order valence-electron chi connectivity index (χ1n) is 6.86. The first-order valence-corrected chi connectivity index (χ1v) is 7.23. The van der Waals surface area contributed by atoms with Crippen LogP contribution in [0.3, 0.4) is 0 Å². The molecule has 1 aromatic carbocycles. The number of rotatable bonds is 4. The lowest BCUT2D eigenvalue weighted by Crippen LogP contribution is -2.41. The number of halogens is 1. The fraction of sp³-hybridized carbons (Fsp3) is 0.533. The van der Waals surface area contributed by atoms with E-state index in [-0.39, 0.29) is 11.8 Å². The monoisotopic (exact) mass is 280 g/mol. The second kappa shape index (κ2) is 6.92. The minimum absolute atomic E-state index is 0.156.